The van der Waals surface area contributed by atoms with Crippen LogP contribution in [0.15, 0.2) is 30.3 Å². The molecule has 0 spiro atoms. The second-order valence-electron chi connectivity index (χ2n) is 3.84. The van der Waals surface area contributed by atoms with Crippen molar-refractivity contribution in [3.05, 3.63) is 35.9 Å². The molecule has 1 nitrogen and oxygen atoms in total. The molecule has 0 heterocycles. The Balaban J connectivity index is 3.38. The largest absolute Gasteiger partial charge is 0.413 e. The van der Waals surface area contributed by atoms with Crippen molar-refractivity contribution in [1.29, 1.82) is 0 Å². The van der Waals surface area contributed by atoms with E-state index < -0.39 is 35.8 Å². The van der Waals surface area contributed by atoms with Crippen molar-refractivity contribution in [1.82, 2.24) is 0 Å². The van der Waals surface area contributed by atoms with Crippen molar-refractivity contribution in [2.45, 2.75) is 18.8 Å². The molecule has 0 radical (unpaired) electrons. The fourth-order valence-corrected chi connectivity index (χ4v) is 1.56. The highest BCUT2D eigenvalue weighted by Gasteiger charge is 2.75. The van der Waals surface area contributed by atoms with Gasteiger partial charge in [-0.25, -0.2) is 0 Å². The molecule has 0 saturated carbocycles. The normalized spacial score (nSPS) is 13.4. The quantitative estimate of drug-likeness (QED) is 0.610. The van der Waals surface area contributed by atoms with Crippen LogP contribution < -0.4 is 0 Å². The molecule has 0 aromatic heterocycles. The van der Waals surface area contributed by atoms with Crippen LogP contribution in [0.25, 0.3) is 0 Å². The predicted octanol–water partition coefficient (Wildman–Crippen LogP) is 3.84. The molecule has 0 aliphatic heterocycles. The van der Waals surface area contributed by atoms with Crippen LogP contribution >= 0.6 is 0 Å². The number of benzene rings is 1. The summed E-state index contributed by atoms with van der Waals surface area (Å²) in [6.07, 6.45) is -14.0. The zero-order valence-electron chi connectivity index (χ0n) is 9.15. The Morgan fingerprint density at radius 3 is 1.63 bits per heavy atom. The number of carbonyl (C=O) groups is 1. The number of halogens is 7. The molecular weight excluding hydrogens is 281 g/mol. The van der Waals surface area contributed by atoms with Gasteiger partial charge in [-0.15, -0.1) is 0 Å². The Morgan fingerprint density at radius 1 is 0.895 bits per heavy atom. The van der Waals surface area contributed by atoms with Gasteiger partial charge in [0.05, 0.1) is 0 Å². The van der Waals surface area contributed by atoms with Crippen LogP contribution in [0.2, 0.25) is 0 Å². The molecule has 19 heavy (non-hydrogen) atoms. The van der Waals surface area contributed by atoms with E-state index in [4.69, 9.17) is 0 Å². The molecule has 0 saturated heterocycles. The van der Waals surface area contributed by atoms with Crippen molar-refractivity contribution >= 4 is 6.04 Å². The molecule has 0 atom stereocenters. The summed E-state index contributed by atoms with van der Waals surface area (Å²) in [5, 5.41) is 0. The van der Waals surface area contributed by atoms with Crippen molar-refractivity contribution in [2.75, 3.05) is 0 Å². The van der Waals surface area contributed by atoms with E-state index in [2.05, 4.69) is 0 Å². The standard InChI is InChI=1S/C11H7F7O/c12-8(19)9(10(13,14)15,11(16,17)18)6-7-4-2-1-3-5-7/h1-5H,6H2. The van der Waals surface area contributed by atoms with Crippen LogP contribution in [0.5, 0.6) is 0 Å². The van der Waals surface area contributed by atoms with Crippen LogP contribution in [0, 0.1) is 5.41 Å². The molecule has 1 aromatic rings. The average Bonchev–Trinajstić information content (AvgIpc) is 2.23. The van der Waals surface area contributed by atoms with Gasteiger partial charge in [0, 0.05) is 6.42 Å². The van der Waals surface area contributed by atoms with Crippen LogP contribution in [-0.4, -0.2) is 18.4 Å². The van der Waals surface area contributed by atoms with E-state index in [9.17, 15) is 35.5 Å². The van der Waals surface area contributed by atoms with Gasteiger partial charge in [-0.05, 0) is 5.56 Å². The highest BCUT2D eigenvalue weighted by Crippen LogP contribution is 2.53. The van der Waals surface area contributed by atoms with Crippen molar-refractivity contribution in [2.24, 2.45) is 5.41 Å². The summed E-state index contributed by atoms with van der Waals surface area (Å²) in [6, 6.07) is 2.19. The summed E-state index contributed by atoms with van der Waals surface area (Å²) in [4.78, 5) is 10.5. The molecule has 0 amide bonds. The highest BCUT2D eigenvalue weighted by atomic mass is 19.4. The van der Waals surface area contributed by atoms with Crippen LogP contribution in [0.3, 0.4) is 0 Å². The Labute approximate surface area is 103 Å². The maximum absolute atomic E-state index is 12.6. The minimum absolute atomic E-state index is 0.442. The van der Waals surface area contributed by atoms with Crippen molar-refractivity contribution in [3.8, 4) is 0 Å². The number of hydrogen-bond donors (Lipinski definition) is 0. The fraction of sp³-hybridized carbons (Fsp3) is 0.364. The van der Waals surface area contributed by atoms with E-state index in [0.29, 0.717) is 0 Å². The van der Waals surface area contributed by atoms with Gasteiger partial charge in [-0.2, -0.15) is 30.7 Å². The first-order valence-electron chi connectivity index (χ1n) is 4.89. The topological polar surface area (TPSA) is 17.1 Å². The molecule has 1 rings (SSSR count). The Kier molecular flexibility index (Phi) is 3.92. The fourth-order valence-electron chi connectivity index (χ4n) is 1.56. The summed E-state index contributed by atoms with van der Waals surface area (Å²) in [6.45, 7) is 0. The summed E-state index contributed by atoms with van der Waals surface area (Å²) < 4.78 is 88.4. The third-order valence-electron chi connectivity index (χ3n) is 2.62. The van der Waals surface area contributed by atoms with Gasteiger partial charge in [0.25, 0.3) is 5.41 Å². The molecule has 8 heteroatoms. The van der Waals surface area contributed by atoms with Crippen LogP contribution in [0.4, 0.5) is 30.7 Å². The molecule has 0 aliphatic rings. The molecule has 0 bridgehead atoms. The number of rotatable bonds is 3. The van der Waals surface area contributed by atoms with E-state index in [1.807, 2.05) is 0 Å². The highest BCUT2D eigenvalue weighted by molar-refractivity contribution is 5.78. The monoisotopic (exact) mass is 288 g/mol. The molecule has 1 aromatic carbocycles. The van der Waals surface area contributed by atoms with Crippen LogP contribution in [0.1, 0.15) is 5.56 Å². The molecule has 0 N–H and O–H groups in total. The zero-order valence-corrected chi connectivity index (χ0v) is 9.15. The first-order valence-corrected chi connectivity index (χ1v) is 4.89. The second-order valence-corrected chi connectivity index (χ2v) is 3.84. The number of carbonyl (C=O) groups excluding carboxylic acids is 1. The van der Waals surface area contributed by atoms with E-state index >= 15 is 0 Å². The maximum Gasteiger partial charge on any atom is 0.413 e. The van der Waals surface area contributed by atoms with Gasteiger partial charge in [0.1, 0.15) is 0 Å². The Bertz CT molecular complexity index is 432. The molecule has 0 fully saturated rings. The van der Waals surface area contributed by atoms with Gasteiger partial charge >= 0.3 is 18.4 Å². The van der Waals surface area contributed by atoms with Gasteiger partial charge < -0.3 is 0 Å². The summed E-state index contributed by atoms with van der Waals surface area (Å²) >= 11 is 0. The van der Waals surface area contributed by atoms with E-state index in [0.717, 1.165) is 12.1 Å². The van der Waals surface area contributed by atoms with Crippen molar-refractivity contribution < 1.29 is 35.5 Å². The minimum atomic E-state index is -6.08. The van der Waals surface area contributed by atoms with E-state index in [1.54, 1.807) is 0 Å². The third kappa shape index (κ3) is 2.71. The van der Waals surface area contributed by atoms with Gasteiger partial charge in [0.2, 0.25) is 0 Å². The molecule has 0 aliphatic carbocycles. The predicted molar refractivity (Wildman–Crippen MR) is 50.8 cm³/mol. The second kappa shape index (κ2) is 4.82. The summed E-state index contributed by atoms with van der Waals surface area (Å²) in [5.74, 6) is 0. The molecule has 0 unspecified atom stereocenters. The lowest BCUT2D eigenvalue weighted by Crippen LogP contribution is -2.55. The lowest BCUT2D eigenvalue weighted by molar-refractivity contribution is -0.328. The summed E-state index contributed by atoms with van der Waals surface area (Å²) in [5.41, 5.74) is -5.47. The lowest BCUT2D eigenvalue weighted by Gasteiger charge is -2.33. The number of hydrogen-bond acceptors (Lipinski definition) is 1. The Morgan fingerprint density at radius 2 is 1.32 bits per heavy atom. The third-order valence-corrected chi connectivity index (χ3v) is 2.62. The first kappa shape index (κ1) is 15.5. The van der Waals surface area contributed by atoms with Gasteiger partial charge in [0.15, 0.2) is 0 Å². The smallest absolute Gasteiger partial charge is 0.260 e. The average molecular weight is 288 g/mol. The van der Waals surface area contributed by atoms with E-state index in [1.165, 1.54) is 18.2 Å². The lowest BCUT2D eigenvalue weighted by atomic mass is 9.80. The first-order chi connectivity index (χ1) is 8.52. The number of alkyl halides is 6. The maximum atomic E-state index is 12.6. The zero-order chi connectivity index (χ0) is 14.9. The SMILES string of the molecule is O=C(F)C(Cc1ccccc1)(C(F)(F)F)C(F)(F)F. The van der Waals surface area contributed by atoms with E-state index in [-0.39, 0.29) is 0 Å². The molecular formula is C11H7F7O. The van der Waals surface area contributed by atoms with Gasteiger partial charge in [-0.3, -0.25) is 4.79 Å². The van der Waals surface area contributed by atoms with Crippen molar-refractivity contribution in [3.63, 3.8) is 0 Å². The van der Waals surface area contributed by atoms with Gasteiger partial charge in [-0.1, -0.05) is 30.3 Å². The molecule has 106 valence electrons. The van der Waals surface area contributed by atoms with Crippen LogP contribution in [-0.2, 0) is 11.2 Å². The Hall–Kier alpha value is -1.60. The minimum Gasteiger partial charge on any atom is -0.260 e. The summed E-state index contributed by atoms with van der Waals surface area (Å²) in [7, 11) is 0.